The normalized spacial score (nSPS) is 10.2. The predicted octanol–water partition coefficient (Wildman–Crippen LogP) is 1.61. The second kappa shape index (κ2) is 5.66. The number of carboxylic acid groups (broad SMARTS) is 1. The number of methoxy groups -OCH3 is 2. The van der Waals surface area contributed by atoms with Gasteiger partial charge in [-0.15, -0.1) is 0 Å². The maximum Gasteiger partial charge on any atom is 0.356 e. The molecule has 0 bridgehead atoms. The van der Waals surface area contributed by atoms with Crippen molar-refractivity contribution in [2.24, 2.45) is 7.05 Å². The van der Waals surface area contributed by atoms with E-state index in [1.807, 2.05) is 0 Å². The lowest BCUT2D eigenvalue weighted by atomic mass is 10.1. The van der Waals surface area contributed by atoms with E-state index in [4.69, 9.17) is 14.6 Å². The van der Waals surface area contributed by atoms with Crippen molar-refractivity contribution in [3.05, 3.63) is 29.5 Å². The van der Waals surface area contributed by atoms with Crippen LogP contribution in [-0.4, -0.2) is 41.4 Å². The van der Waals surface area contributed by atoms with E-state index in [1.54, 1.807) is 19.2 Å². The molecule has 0 radical (unpaired) electrons. The van der Waals surface area contributed by atoms with Gasteiger partial charge in [-0.1, -0.05) is 0 Å². The summed E-state index contributed by atoms with van der Waals surface area (Å²) in [6.45, 7) is 0. The van der Waals surface area contributed by atoms with E-state index >= 15 is 0 Å². The Balaban J connectivity index is 2.69. The van der Waals surface area contributed by atoms with Crippen LogP contribution in [0.2, 0.25) is 0 Å². The second-order valence-electron chi connectivity index (χ2n) is 4.23. The molecule has 0 aliphatic rings. The molecule has 1 aromatic carbocycles. The molecule has 110 valence electrons. The van der Waals surface area contributed by atoms with Crippen molar-refractivity contribution >= 4 is 12.3 Å². The molecule has 0 spiro atoms. The molecule has 21 heavy (non-hydrogen) atoms. The minimum atomic E-state index is -1.12. The number of ether oxygens (including phenoxy) is 2. The summed E-state index contributed by atoms with van der Waals surface area (Å²) in [6.07, 6.45) is 0.664. The number of carbonyl (C=O) groups excluding carboxylic acids is 1. The van der Waals surface area contributed by atoms with Gasteiger partial charge in [0.1, 0.15) is 0 Å². The van der Waals surface area contributed by atoms with Crippen LogP contribution in [0.1, 0.15) is 20.8 Å². The standard InChI is InChI=1S/C14H14N2O5/c1-16-11(6-10(15-16)14(18)19)9-5-4-8(7-17)12(20-2)13(9)21-3/h4-7H,1-3H3,(H,18,19). The Morgan fingerprint density at radius 2 is 1.95 bits per heavy atom. The average Bonchev–Trinajstić information content (AvgIpc) is 2.87. The fourth-order valence-electron chi connectivity index (χ4n) is 2.11. The van der Waals surface area contributed by atoms with Crippen molar-refractivity contribution < 1.29 is 24.2 Å². The van der Waals surface area contributed by atoms with E-state index in [0.717, 1.165) is 0 Å². The number of rotatable bonds is 5. The van der Waals surface area contributed by atoms with Crippen molar-refractivity contribution in [3.8, 4) is 22.8 Å². The van der Waals surface area contributed by atoms with Gasteiger partial charge in [0.15, 0.2) is 23.5 Å². The molecule has 1 heterocycles. The number of hydrogen-bond acceptors (Lipinski definition) is 5. The first-order valence-electron chi connectivity index (χ1n) is 6.01. The molecular weight excluding hydrogens is 276 g/mol. The SMILES string of the molecule is COc1c(C=O)ccc(-c2cc(C(=O)O)nn2C)c1OC. The number of aryl methyl sites for hydroxylation is 1. The monoisotopic (exact) mass is 290 g/mol. The highest BCUT2D eigenvalue weighted by molar-refractivity contribution is 5.89. The van der Waals surface area contributed by atoms with Crippen molar-refractivity contribution in [2.45, 2.75) is 0 Å². The van der Waals surface area contributed by atoms with Crippen LogP contribution in [0.4, 0.5) is 0 Å². The van der Waals surface area contributed by atoms with Crippen LogP contribution in [0, 0.1) is 0 Å². The number of aromatic nitrogens is 2. The summed E-state index contributed by atoms with van der Waals surface area (Å²) < 4.78 is 12.0. The van der Waals surface area contributed by atoms with E-state index in [2.05, 4.69) is 5.10 Å². The predicted molar refractivity (Wildman–Crippen MR) is 74.1 cm³/mol. The van der Waals surface area contributed by atoms with Crippen molar-refractivity contribution in [3.63, 3.8) is 0 Å². The highest BCUT2D eigenvalue weighted by Gasteiger charge is 2.20. The Kier molecular flexibility index (Phi) is 3.93. The molecule has 0 aliphatic heterocycles. The zero-order valence-electron chi connectivity index (χ0n) is 11.8. The van der Waals surface area contributed by atoms with E-state index < -0.39 is 5.97 Å². The van der Waals surface area contributed by atoms with Gasteiger partial charge in [-0.25, -0.2) is 4.79 Å². The summed E-state index contributed by atoms with van der Waals surface area (Å²) in [4.78, 5) is 22.0. The van der Waals surface area contributed by atoms with E-state index in [0.29, 0.717) is 34.6 Å². The molecule has 0 fully saturated rings. The van der Waals surface area contributed by atoms with Crippen LogP contribution >= 0.6 is 0 Å². The summed E-state index contributed by atoms with van der Waals surface area (Å²) in [6, 6.07) is 4.67. The molecule has 0 saturated heterocycles. The summed E-state index contributed by atoms with van der Waals surface area (Å²) in [5, 5.41) is 12.9. The van der Waals surface area contributed by atoms with Gasteiger partial charge >= 0.3 is 5.97 Å². The smallest absolute Gasteiger partial charge is 0.356 e. The van der Waals surface area contributed by atoms with Gasteiger partial charge in [0.05, 0.1) is 25.5 Å². The lowest BCUT2D eigenvalue weighted by Crippen LogP contribution is -2.01. The number of carbonyl (C=O) groups is 2. The number of benzene rings is 1. The maximum absolute atomic E-state index is 11.0. The van der Waals surface area contributed by atoms with Gasteiger partial charge in [0.2, 0.25) is 0 Å². The van der Waals surface area contributed by atoms with Crippen molar-refractivity contribution in [2.75, 3.05) is 14.2 Å². The molecule has 7 heteroatoms. The van der Waals surface area contributed by atoms with Gasteiger partial charge in [0.25, 0.3) is 0 Å². The zero-order chi connectivity index (χ0) is 15.6. The molecule has 0 saturated carbocycles. The number of carboxylic acids is 1. The molecule has 7 nitrogen and oxygen atoms in total. The fraction of sp³-hybridized carbons (Fsp3) is 0.214. The molecule has 1 aromatic heterocycles. The molecule has 0 atom stereocenters. The molecule has 0 amide bonds. The number of aldehydes is 1. The quantitative estimate of drug-likeness (QED) is 0.841. The molecule has 2 rings (SSSR count). The summed E-state index contributed by atoms with van der Waals surface area (Å²) in [5.41, 5.74) is 1.40. The van der Waals surface area contributed by atoms with Crippen LogP contribution in [0.3, 0.4) is 0 Å². The first kappa shape index (κ1) is 14.6. The van der Waals surface area contributed by atoms with Crippen LogP contribution < -0.4 is 9.47 Å². The highest BCUT2D eigenvalue weighted by Crippen LogP contribution is 2.40. The van der Waals surface area contributed by atoms with E-state index in [9.17, 15) is 9.59 Å². The van der Waals surface area contributed by atoms with Gasteiger partial charge in [-0.2, -0.15) is 5.10 Å². The largest absolute Gasteiger partial charge is 0.492 e. The Bertz CT molecular complexity index is 706. The maximum atomic E-state index is 11.0. The molecule has 0 unspecified atom stereocenters. The Morgan fingerprint density at radius 1 is 1.29 bits per heavy atom. The van der Waals surface area contributed by atoms with Gasteiger partial charge in [0, 0.05) is 12.6 Å². The molecule has 2 aromatic rings. The molecular formula is C14H14N2O5. The summed E-state index contributed by atoms with van der Waals surface area (Å²) in [5.74, 6) is -0.475. The first-order valence-corrected chi connectivity index (χ1v) is 6.01. The van der Waals surface area contributed by atoms with Crippen LogP contribution in [0.15, 0.2) is 18.2 Å². The Hall–Kier alpha value is -2.83. The number of nitrogens with zero attached hydrogens (tertiary/aromatic N) is 2. The van der Waals surface area contributed by atoms with E-state index in [-0.39, 0.29) is 5.69 Å². The number of hydrogen-bond donors (Lipinski definition) is 1. The van der Waals surface area contributed by atoms with Crippen LogP contribution in [0.25, 0.3) is 11.3 Å². The summed E-state index contributed by atoms with van der Waals surface area (Å²) >= 11 is 0. The lowest BCUT2D eigenvalue weighted by Gasteiger charge is -2.14. The zero-order valence-corrected chi connectivity index (χ0v) is 11.8. The topological polar surface area (TPSA) is 90.7 Å². The van der Waals surface area contributed by atoms with Crippen LogP contribution in [-0.2, 0) is 7.05 Å². The van der Waals surface area contributed by atoms with Crippen LogP contribution in [0.5, 0.6) is 11.5 Å². The van der Waals surface area contributed by atoms with Gasteiger partial charge in [-0.05, 0) is 18.2 Å². The fourth-order valence-corrected chi connectivity index (χ4v) is 2.11. The first-order chi connectivity index (χ1) is 10.0. The molecule has 0 aliphatic carbocycles. The molecule has 1 N–H and O–H groups in total. The average molecular weight is 290 g/mol. The highest BCUT2D eigenvalue weighted by atomic mass is 16.5. The van der Waals surface area contributed by atoms with Gasteiger partial charge in [-0.3, -0.25) is 9.48 Å². The Labute approximate surface area is 120 Å². The van der Waals surface area contributed by atoms with E-state index in [1.165, 1.54) is 25.0 Å². The third-order valence-electron chi connectivity index (χ3n) is 3.05. The van der Waals surface area contributed by atoms with Gasteiger partial charge < -0.3 is 14.6 Å². The van der Waals surface area contributed by atoms with Crippen molar-refractivity contribution in [1.29, 1.82) is 0 Å². The third-order valence-corrected chi connectivity index (χ3v) is 3.05. The Morgan fingerprint density at radius 3 is 2.43 bits per heavy atom. The minimum absolute atomic E-state index is 0.0759. The lowest BCUT2D eigenvalue weighted by molar-refractivity contribution is 0.0689. The summed E-state index contributed by atoms with van der Waals surface area (Å²) in [7, 11) is 4.51. The minimum Gasteiger partial charge on any atom is -0.492 e. The third kappa shape index (κ3) is 2.45. The van der Waals surface area contributed by atoms with Crippen molar-refractivity contribution in [1.82, 2.24) is 9.78 Å². The number of aromatic carboxylic acids is 1. The second-order valence-corrected chi connectivity index (χ2v) is 4.23.